The summed E-state index contributed by atoms with van der Waals surface area (Å²) in [5.74, 6) is 0.869. The number of aliphatic hydroxyl groups excluding tert-OH is 1. The zero-order valence-corrected chi connectivity index (χ0v) is 9.42. The zero-order chi connectivity index (χ0) is 10.4. The molecule has 3 nitrogen and oxygen atoms in total. The molecule has 3 heteroatoms. The van der Waals surface area contributed by atoms with Crippen LogP contribution in [0.3, 0.4) is 0 Å². The maximum absolute atomic E-state index is 9.58. The van der Waals surface area contributed by atoms with Crippen LogP contribution >= 0.6 is 0 Å². The molecule has 0 radical (unpaired) electrons. The molecular formula is C11H24N2O. The van der Waals surface area contributed by atoms with E-state index in [-0.39, 0.29) is 0 Å². The second-order valence-corrected chi connectivity index (χ2v) is 4.48. The lowest BCUT2D eigenvalue weighted by atomic mass is 9.87. The van der Waals surface area contributed by atoms with Crippen molar-refractivity contribution in [2.24, 2.45) is 5.92 Å². The van der Waals surface area contributed by atoms with E-state index in [1.165, 1.54) is 25.7 Å². The Morgan fingerprint density at radius 3 is 2.50 bits per heavy atom. The van der Waals surface area contributed by atoms with Crippen LogP contribution in [0.5, 0.6) is 0 Å². The third-order valence-electron chi connectivity index (χ3n) is 3.00. The maximum Gasteiger partial charge on any atom is 0.160 e. The highest BCUT2D eigenvalue weighted by Crippen LogP contribution is 2.23. The van der Waals surface area contributed by atoms with E-state index < -0.39 is 6.35 Å². The van der Waals surface area contributed by atoms with Crippen LogP contribution in [-0.4, -0.2) is 24.0 Å². The Bertz CT molecular complexity index is 144. The van der Waals surface area contributed by atoms with E-state index in [9.17, 15) is 5.11 Å². The van der Waals surface area contributed by atoms with E-state index in [0.29, 0.717) is 6.04 Å². The first-order valence-corrected chi connectivity index (χ1v) is 5.90. The summed E-state index contributed by atoms with van der Waals surface area (Å²) in [6.45, 7) is 5.28. The van der Waals surface area contributed by atoms with E-state index in [2.05, 4.69) is 24.5 Å². The first-order chi connectivity index (χ1) is 6.72. The number of rotatable bonds is 5. The standard InChI is InChI=1S/C11H24N2O/c1-3-8-12-11(14)13-10-6-4-9(2)5-7-10/h9-14H,3-8H2,1-2H3. The van der Waals surface area contributed by atoms with Gasteiger partial charge in [-0.25, -0.2) is 0 Å². The molecular weight excluding hydrogens is 176 g/mol. The van der Waals surface area contributed by atoms with Crippen molar-refractivity contribution < 1.29 is 5.11 Å². The summed E-state index contributed by atoms with van der Waals surface area (Å²) >= 11 is 0. The quantitative estimate of drug-likeness (QED) is 0.588. The molecule has 0 aromatic rings. The van der Waals surface area contributed by atoms with Crippen LogP contribution in [-0.2, 0) is 0 Å². The Balaban J connectivity index is 2.10. The Morgan fingerprint density at radius 2 is 1.93 bits per heavy atom. The van der Waals surface area contributed by atoms with Crippen LogP contribution in [0.15, 0.2) is 0 Å². The van der Waals surface area contributed by atoms with Gasteiger partial charge >= 0.3 is 0 Å². The monoisotopic (exact) mass is 200 g/mol. The molecule has 1 aliphatic rings. The third-order valence-corrected chi connectivity index (χ3v) is 3.00. The minimum Gasteiger partial charge on any atom is -0.365 e. The molecule has 1 atom stereocenters. The molecule has 0 spiro atoms. The number of hydrogen-bond donors (Lipinski definition) is 3. The van der Waals surface area contributed by atoms with Gasteiger partial charge in [-0.3, -0.25) is 10.6 Å². The summed E-state index contributed by atoms with van der Waals surface area (Å²) in [7, 11) is 0. The molecule has 0 amide bonds. The van der Waals surface area contributed by atoms with Gasteiger partial charge in [-0.05, 0) is 44.6 Å². The van der Waals surface area contributed by atoms with Gasteiger partial charge in [-0.1, -0.05) is 13.8 Å². The van der Waals surface area contributed by atoms with Crippen LogP contribution in [0.2, 0.25) is 0 Å². The molecule has 0 saturated heterocycles. The predicted molar refractivity (Wildman–Crippen MR) is 58.9 cm³/mol. The summed E-state index contributed by atoms with van der Waals surface area (Å²) in [6.07, 6.45) is 5.52. The van der Waals surface area contributed by atoms with Crippen molar-refractivity contribution in [2.45, 2.75) is 58.3 Å². The minimum atomic E-state index is -0.520. The Hall–Kier alpha value is -0.120. The van der Waals surface area contributed by atoms with Crippen molar-refractivity contribution in [1.82, 2.24) is 10.6 Å². The van der Waals surface area contributed by atoms with Crippen molar-refractivity contribution in [3.05, 3.63) is 0 Å². The second-order valence-electron chi connectivity index (χ2n) is 4.48. The molecule has 1 unspecified atom stereocenters. The molecule has 3 N–H and O–H groups in total. The molecule has 0 bridgehead atoms. The van der Waals surface area contributed by atoms with Crippen molar-refractivity contribution in [1.29, 1.82) is 0 Å². The fourth-order valence-electron chi connectivity index (χ4n) is 1.99. The van der Waals surface area contributed by atoms with Crippen LogP contribution in [0, 0.1) is 5.92 Å². The maximum atomic E-state index is 9.58. The summed E-state index contributed by atoms with van der Waals surface area (Å²) in [5.41, 5.74) is 0. The lowest BCUT2D eigenvalue weighted by Gasteiger charge is -2.29. The van der Waals surface area contributed by atoms with Gasteiger partial charge in [0.15, 0.2) is 6.35 Å². The molecule has 84 valence electrons. The first-order valence-electron chi connectivity index (χ1n) is 5.90. The van der Waals surface area contributed by atoms with E-state index in [1.54, 1.807) is 0 Å². The zero-order valence-electron chi connectivity index (χ0n) is 9.42. The van der Waals surface area contributed by atoms with E-state index in [4.69, 9.17) is 0 Å². The molecule has 1 aliphatic carbocycles. The Morgan fingerprint density at radius 1 is 1.29 bits per heavy atom. The van der Waals surface area contributed by atoms with Gasteiger partial charge in [-0.15, -0.1) is 0 Å². The SMILES string of the molecule is CCCNC(O)NC1CCC(C)CC1. The highest BCUT2D eigenvalue weighted by Gasteiger charge is 2.19. The number of hydrogen-bond acceptors (Lipinski definition) is 3. The average molecular weight is 200 g/mol. The molecule has 0 heterocycles. The highest BCUT2D eigenvalue weighted by atomic mass is 16.3. The van der Waals surface area contributed by atoms with Crippen LogP contribution in [0.1, 0.15) is 46.0 Å². The third kappa shape index (κ3) is 4.40. The number of nitrogens with one attached hydrogen (secondary N) is 2. The van der Waals surface area contributed by atoms with Gasteiger partial charge < -0.3 is 5.11 Å². The molecule has 0 aromatic heterocycles. The second kappa shape index (κ2) is 6.38. The summed E-state index contributed by atoms with van der Waals surface area (Å²) < 4.78 is 0. The van der Waals surface area contributed by atoms with Gasteiger partial charge in [0, 0.05) is 6.04 Å². The van der Waals surface area contributed by atoms with Crippen molar-refractivity contribution in [3.8, 4) is 0 Å². The van der Waals surface area contributed by atoms with E-state index in [1.807, 2.05) is 0 Å². The lowest BCUT2D eigenvalue weighted by Crippen LogP contribution is -2.48. The lowest BCUT2D eigenvalue weighted by molar-refractivity contribution is 0.0784. The molecule has 14 heavy (non-hydrogen) atoms. The van der Waals surface area contributed by atoms with E-state index in [0.717, 1.165) is 18.9 Å². The summed E-state index contributed by atoms with van der Waals surface area (Å²) in [6, 6.07) is 0.505. The van der Waals surface area contributed by atoms with Gasteiger partial charge in [0.05, 0.1) is 0 Å². The molecule has 1 saturated carbocycles. The van der Waals surface area contributed by atoms with E-state index >= 15 is 0 Å². The van der Waals surface area contributed by atoms with Gasteiger partial charge in [-0.2, -0.15) is 0 Å². The minimum absolute atomic E-state index is 0.505. The Labute approximate surface area is 87.3 Å². The normalized spacial score (nSPS) is 30.2. The summed E-state index contributed by atoms with van der Waals surface area (Å²) in [5, 5.41) is 15.8. The largest absolute Gasteiger partial charge is 0.365 e. The fraction of sp³-hybridized carbons (Fsp3) is 1.00. The number of aliphatic hydroxyl groups is 1. The Kier molecular flexibility index (Phi) is 5.45. The molecule has 1 fully saturated rings. The van der Waals surface area contributed by atoms with Crippen LogP contribution in [0.25, 0.3) is 0 Å². The molecule has 0 aliphatic heterocycles. The highest BCUT2D eigenvalue weighted by molar-refractivity contribution is 4.75. The van der Waals surface area contributed by atoms with Crippen LogP contribution in [0.4, 0.5) is 0 Å². The van der Waals surface area contributed by atoms with Crippen molar-refractivity contribution in [3.63, 3.8) is 0 Å². The van der Waals surface area contributed by atoms with Crippen molar-refractivity contribution >= 4 is 0 Å². The van der Waals surface area contributed by atoms with Gasteiger partial charge in [0.1, 0.15) is 0 Å². The topological polar surface area (TPSA) is 44.3 Å². The van der Waals surface area contributed by atoms with Crippen LogP contribution < -0.4 is 10.6 Å². The average Bonchev–Trinajstić information content (AvgIpc) is 2.18. The molecule has 0 aromatic carbocycles. The molecule has 1 rings (SSSR count). The van der Waals surface area contributed by atoms with Crippen molar-refractivity contribution in [2.75, 3.05) is 6.54 Å². The smallest absolute Gasteiger partial charge is 0.160 e. The van der Waals surface area contributed by atoms with Gasteiger partial charge in [0.25, 0.3) is 0 Å². The first kappa shape index (κ1) is 12.0. The fourth-order valence-corrected chi connectivity index (χ4v) is 1.99. The predicted octanol–water partition coefficient (Wildman–Crippen LogP) is 1.43. The van der Waals surface area contributed by atoms with Gasteiger partial charge in [0.2, 0.25) is 0 Å². The summed E-state index contributed by atoms with van der Waals surface area (Å²) in [4.78, 5) is 0.